The third-order valence-corrected chi connectivity index (χ3v) is 4.06. The Kier molecular flexibility index (Phi) is 5.67. The SMILES string of the molecule is O=C(/C=C/c1ccc(N2CCCC2=O)cc1)Nc1ccc(OC(F)(F)F)cc1. The van der Waals surface area contributed by atoms with Gasteiger partial charge in [-0.15, -0.1) is 13.2 Å². The summed E-state index contributed by atoms with van der Waals surface area (Å²) in [6, 6.07) is 12.1. The van der Waals surface area contributed by atoms with Gasteiger partial charge >= 0.3 is 6.36 Å². The molecular weight excluding hydrogens is 373 g/mol. The molecule has 0 bridgehead atoms. The van der Waals surface area contributed by atoms with Gasteiger partial charge in [-0.2, -0.15) is 0 Å². The van der Waals surface area contributed by atoms with Gasteiger partial charge in [0.05, 0.1) is 0 Å². The molecule has 2 aromatic rings. The molecule has 1 saturated heterocycles. The van der Waals surface area contributed by atoms with Crippen LogP contribution in [0.5, 0.6) is 5.75 Å². The van der Waals surface area contributed by atoms with E-state index in [0.29, 0.717) is 18.7 Å². The molecule has 0 aliphatic carbocycles. The Hall–Kier alpha value is -3.29. The van der Waals surface area contributed by atoms with E-state index in [9.17, 15) is 22.8 Å². The Morgan fingerprint density at radius 3 is 2.32 bits per heavy atom. The largest absolute Gasteiger partial charge is 0.573 e. The van der Waals surface area contributed by atoms with Gasteiger partial charge in [-0.05, 0) is 54.5 Å². The third kappa shape index (κ3) is 5.35. The van der Waals surface area contributed by atoms with Crippen molar-refractivity contribution >= 4 is 29.3 Å². The van der Waals surface area contributed by atoms with Crippen LogP contribution in [0.25, 0.3) is 6.08 Å². The van der Waals surface area contributed by atoms with Crippen molar-refractivity contribution in [3.63, 3.8) is 0 Å². The van der Waals surface area contributed by atoms with Gasteiger partial charge in [-0.25, -0.2) is 0 Å². The summed E-state index contributed by atoms with van der Waals surface area (Å²) in [4.78, 5) is 25.4. The monoisotopic (exact) mass is 390 g/mol. The van der Waals surface area contributed by atoms with Crippen molar-refractivity contribution in [3.8, 4) is 5.75 Å². The minimum absolute atomic E-state index is 0.106. The van der Waals surface area contributed by atoms with Crippen LogP contribution in [0, 0.1) is 0 Å². The number of halogens is 3. The molecule has 0 aromatic heterocycles. The molecule has 1 aliphatic rings. The number of benzene rings is 2. The number of alkyl halides is 3. The number of ether oxygens (including phenoxy) is 1. The van der Waals surface area contributed by atoms with Crippen LogP contribution in [-0.4, -0.2) is 24.7 Å². The molecule has 0 atom stereocenters. The molecule has 0 unspecified atom stereocenters. The summed E-state index contributed by atoms with van der Waals surface area (Å²) < 4.78 is 40.1. The second-order valence-corrected chi connectivity index (χ2v) is 6.14. The summed E-state index contributed by atoms with van der Waals surface area (Å²) in [6.07, 6.45) is -0.428. The molecule has 146 valence electrons. The summed E-state index contributed by atoms with van der Waals surface area (Å²) >= 11 is 0. The van der Waals surface area contributed by atoms with Crippen LogP contribution in [0.15, 0.2) is 54.6 Å². The van der Waals surface area contributed by atoms with Gasteiger partial charge in [0.2, 0.25) is 11.8 Å². The molecule has 2 amide bonds. The van der Waals surface area contributed by atoms with Crippen molar-refractivity contribution in [2.24, 2.45) is 0 Å². The highest BCUT2D eigenvalue weighted by molar-refractivity contribution is 6.02. The zero-order chi connectivity index (χ0) is 20.1. The number of rotatable bonds is 5. The lowest BCUT2D eigenvalue weighted by Gasteiger charge is -2.15. The summed E-state index contributed by atoms with van der Waals surface area (Å²) in [5.74, 6) is -0.685. The van der Waals surface area contributed by atoms with Gasteiger partial charge < -0.3 is 15.0 Å². The lowest BCUT2D eigenvalue weighted by molar-refractivity contribution is -0.274. The minimum atomic E-state index is -4.76. The van der Waals surface area contributed by atoms with Crippen LogP contribution >= 0.6 is 0 Å². The first-order valence-corrected chi connectivity index (χ1v) is 8.55. The average molecular weight is 390 g/mol. The molecular formula is C20H17F3N2O3. The number of nitrogens with zero attached hydrogens (tertiary/aromatic N) is 1. The maximum Gasteiger partial charge on any atom is 0.573 e. The summed E-state index contributed by atoms with van der Waals surface area (Å²) in [7, 11) is 0. The lowest BCUT2D eigenvalue weighted by atomic mass is 10.2. The highest BCUT2D eigenvalue weighted by Crippen LogP contribution is 2.24. The van der Waals surface area contributed by atoms with E-state index in [1.54, 1.807) is 23.1 Å². The van der Waals surface area contributed by atoms with E-state index in [-0.39, 0.29) is 11.7 Å². The fourth-order valence-corrected chi connectivity index (χ4v) is 2.78. The quantitative estimate of drug-likeness (QED) is 0.772. The van der Waals surface area contributed by atoms with E-state index in [0.717, 1.165) is 29.8 Å². The first kappa shape index (κ1) is 19.5. The smallest absolute Gasteiger partial charge is 0.406 e. The second kappa shape index (κ2) is 8.16. The van der Waals surface area contributed by atoms with Crippen LogP contribution in [0.2, 0.25) is 0 Å². The highest BCUT2D eigenvalue weighted by atomic mass is 19.4. The molecule has 2 aromatic carbocycles. The van der Waals surface area contributed by atoms with Gasteiger partial charge in [0, 0.05) is 30.4 Å². The van der Waals surface area contributed by atoms with Crippen molar-refractivity contribution < 1.29 is 27.5 Å². The van der Waals surface area contributed by atoms with E-state index in [1.165, 1.54) is 18.2 Å². The molecule has 1 fully saturated rings. The number of hydrogen-bond donors (Lipinski definition) is 1. The maximum absolute atomic E-state index is 12.1. The number of carbonyl (C=O) groups is 2. The Bertz CT molecular complexity index is 875. The van der Waals surface area contributed by atoms with Crippen LogP contribution in [-0.2, 0) is 9.59 Å². The second-order valence-electron chi connectivity index (χ2n) is 6.14. The van der Waals surface area contributed by atoms with E-state index >= 15 is 0 Å². The van der Waals surface area contributed by atoms with Gasteiger partial charge in [0.1, 0.15) is 5.75 Å². The number of nitrogens with one attached hydrogen (secondary N) is 1. The van der Waals surface area contributed by atoms with Crippen molar-refractivity contribution in [3.05, 3.63) is 60.2 Å². The van der Waals surface area contributed by atoms with Crippen LogP contribution in [0.4, 0.5) is 24.5 Å². The van der Waals surface area contributed by atoms with Gasteiger partial charge in [0.15, 0.2) is 0 Å². The molecule has 0 radical (unpaired) electrons. The third-order valence-electron chi connectivity index (χ3n) is 4.06. The Balaban J connectivity index is 1.55. The first-order valence-electron chi connectivity index (χ1n) is 8.55. The number of anilines is 2. The normalized spacial score (nSPS) is 14.5. The molecule has 1 N–H and O–H groups in total. The summed E-state index contributed by atoms with van der Waals surface area (Å²) in [6.45, 7) is 0.712. The maximum atomic E-state index is 12.1. The summed E-state index contributed by atoms with van der Waals surface area (Å²) in [5.41, 5.74) is 1.94. The van der Waals surface area contributed by atoms with Gasteiger partial charge in [-0.1, -0.05) is 12.1 Å². The topological polar surface area (TPSA) is 58.6 Å². The van der Waals surface area contributed by atoms with Gasteiger partial charge in [0.25, 0.3) is 0 Å². The fourth-order valence-electron chi connectivity index (χ4n) is 2.78. The number of amides is 2. The Labute approximate surface area is 159 Å². The van der Waals surface area contributed by atoms with Crippen molar-refractivity contribution in [2.45, 2.75) is 19.2 Å². The molecule has 1 heterocycles. The lowest BCUT2D eigenvalue weighted by Crippen LogP contribution is -2.23. The van der Waals surface area contributed by atoms with Crippen molar-refractivity contribution in [2.75, 3.05) is 16.8 Å². The zero-order valence-corrected chi connectivity index (χ0v) is 14.7. The van der Waals surface area contributed by atoms with E-state index < -0.39 is 12.3 Å². The van der Waals surface area contributed by atoms with Crippen molar-refractivity contribution in [1.29, 1.82) is 0 Å². The molecule has 0 saturated carbocycles. The fraction of sp³-hybridized carbons (Fsp3) is 0.200. The Morgan fingerprint density at radius 2 is 1.75 bits per heavy atom. The molecule has 28 heavy (non-hydrogen) atoms. The minimum Gasteiger partial charge on any atom is -0.406 e. The van der Waals surface area contributed by atoms with Crippen molar-refractivity contribution in [1.82, 2.24) is 0 Å². The molecule has 8 heteroatoms. The van der Waals surface area contributed by atoms with Gasteiger partial charge in [-0.3, -0.25) is 9.59 Å². The summed E-state index contributed by atoms with van der Waals surface area (Å²) in [5, 5.41) is 2.55. The number of hydrogen-bond acceptors (Lipinski definition) is 3. The predicted octanol–water partition coefficient (Wildman–Crippen LogP) is 4.36. The number of carbonyl (C=O) groups excluding carboxylic acids is 2. The predicted molar refractivity (Wildman–Crippen MR) is 98.8 cm³/mol. The highest BCUT2D eigenvalue weighted by Gasteiger charge is 2.30. The van der Waals surface area contributed by atoms with E-state index in [4.69, 9.17) is 0 Å². The Morgan fingerprint density at radius 1 is 1.07 bits per heavy atom. The van der Waals surface area contributed by atoms with E-state index in [1.807, 2.05) is 12.1 Å². The van der Waals surface area contributed by atoms with Crippen LogP contribution in [0.1, 0.15) is 18.4 Å². The van der Waals surface area contributed by atoms with Crippen LogP contribution < -0.4 is 15.0 Å². The standard InChI is InChI=1S/C20H17F3N2O3/c21-20(22,23)28-17-10-6-15(7-11-17)24-18(26)12-5-14-3-8-16(9-4-14)25-13-1-2-19(25)27/h3-12H,1-2,13H2,(H,24,26)/b12-5+. The average Bonchev–Trinajstić information content (AvgIpc) is 3.07. The van der Waals surface area contributed by atoms with Crippen LogP contribution in [0.3, 0.4) is 0 Å². The first-order chi connectivity index (χ1) is 13.3. The van der Waals surface area contributed by atoms with E-state index in [2.05, 4.69) is 10.1 Å². The zero-order valence-electron chi connectivity index (χ0n) is 14.7. The molecule has 3 rings (SSSR count). The molecule has 0 spiro atoms. The molecule has 1 aliphatic heterocycles. The molecule has 5 nitrogen and oxygen atoms in total.